The van der Waals surface area contributed by atoms with Gasteiger partial charge in [-0.15, -0.1) is 0 Å². The highest BCUT2D eigenvalue weighted by Crippen LogP contribution is 2.31. The van der Waals surface area contributed by atoms with E-state index in [1.165, 1.54) is 49.7 Å². The third kappa shape index (κ3) is 13.5. The van der Waals surface area contributed by atoms with E-state index >= 15 is 0 Å². The molecule has 0 saturated carbocycles. The van der Waals surface area contributed by atoms with Crippen LogP contribution in [0.1, 0.15) is 141 Å². The Balaban J connectivity index is 1.68. The first-order valence-electron chi connectivity index (χ1n) is 16.4. The van der Waals surface area contributed by atoms with Gasteiger partial charge < -0.3 is 18.9 Å². The van der Waals surface area contributed by atoms with Crippen molar-refractivity contribution in [3.63, 3.8) is 0 Å². The van der Waals surface area contributed by atoms with E-state index in [-0.39, 0.29) is 12.2 Å². The van der Waals surface area contributed by atoms with Crippen molar-refractivity contribution in [1.82, 2.24) is 0 Å². The van der Waals surface area contributed by atoms with Crippen LogP contribution in [-0.2, 0) is 9.47 Å². The second-order valence-electron chi connectivity index (χ2n) is 10.8. The summed E-state index contributed by atoms with van der Waals surface area (Å²) in [4.78, 5) is 0. The molecule has 0 aliphatic heterocycles. The number of benzene rings is 2. The fourth-order valence-electron chi connectivity index (χ4n) is 5.04. The van der Waals surface area contributed by atoms with Crippen LogP contribution in [-0.4, -0.2) is 26.4 Å². The molecule has 0 saturated heterocycles. The molecule has 0 heterocycles. The van der Waals surface area contributed by atoms with Gasteiger partial charge in [0.05, 0.1) is 25.4 Å². The number of unbranched alkanes of at least 4 members (excludes halogenated alkanes) is 9. The minimum absolute atomic E-state index is 0.108. The number of ether oxygens (including phenoxy) is 4. The van der Waals surface area contributed by atoms with Crippen molar-refractivity contribution < 1.29 is 18.9 Å². The van der Waals surface area contributed by atoms with E-state index in [0.29, 0.717) is 0 Å². The zero-order valence-corrected chi connectivity index (χ0v) is 26.1. The molecule has 0 fully saturated rings. The summed E-state index contributed by atoms with van der Waals surface area (Å²) in [6, 6.07) is 16.8. The molecule has 2 rings (SSSR count). The van der Waals surface area contributed by atoms with Crippen LogP contribution in [0.4, 0.5) is 0 Å². The number of rotatable bonds is 25. The molecule has 0 radical (unpaired) electrons. The summed E-state index contributed by atoms with van der Waals surface area (Å²) in [6.45, 7) is 12.0. The molecule has 2 atom stereocenters. The SMILES string of the molecule is CCCCCCOC(CC)c1ccccc1OCCCCCCOc1ccccc1C(CC)OCCCCCC. The lowest BCUT2D eigenvalue weighted by Gasteiger charge is -2.20. The lowest BCUT2D eigenvalue weighted by atomic mass is 10.1. The third-order valence-corrected chi connectivity index (χ3v) is 7.46. The van der Waals surface area contributed by atoms with Crippen molar-refractivity contribution in [2.45, 2.75) is 130 Å². The predicted octanol–water partition coefficient (Wildman–Crippen LogP) is 10.8. The Morgan fingerprint density at radius 3 is 1.23 bits per heavy atom. The summed E-state index contributed by atoms with van der Waals surface area (Å²) in [5.74, 6) is 1.95. The second-order valence-corrected chi connectivity index (χ2v) is 10.8. The van der Waals surface area contributed by atoms with Crippen molar-refractivity contribution in [3.8, 4) is 11.5 Å². The fourth-order valence-corrected chi connectivity index (χ4v) is 5.04. The zero-order chi connectivity index (χ0) is 28.7. The number of para-hydroxylation sites is 2. The molecule has 226 valence electrons. The predicted molar refractivity (Wildman–Crippen MR) is 169 cm³/mol. The fraction of sp³-hybridized carbons (Fsp3) is 0.667. The lowest BCUT2D eigenvalue weighted by Crippen LogP contribution is -2.09. The normalized spacial score (nSPS) is 12.8. The van der Waals surface area contributed by atoms with Gasteiger partial charge in [-0.05, 0) is 63.5 Å². The Kier molecular flexibility index (Phi) is 19.3. The highest BCUT2D eigenvalue weighted by Gasteiger charge is 2.16. The standard InChI is InChI=1S/C36H58O4/c1-5-9-11-19-27-37-33(7-3)31-23-15-17-25-35(31)39-29-21-13-14-22-30-40-36-26-18-16-24-32(36)34(8-4)38-28-20-12-10-6-2/h15-18,23-26,33-34H,5-14,19-22,27-30H2,1-4H3. The van der Waals surface area contributed by atoms with Crippen molar-refractivity contribution >= 4 is 0 Å². The van der Waals surface area contributed by atoms with Crippen LogP contribution in [0.15, 0.2) is 48.5 Å². The molecule has 40 heavy (non-hydrogen) atoms. The van der Waals surface area contributed by atoms with Gasteiger partial charge >= 0.3 is 0 Å². The topological polar surface area (TPSA) is 36.9 Å². The molecule has 0 bridgehead atoms. The van der Waals surface area contributed by atoms with Gasteiger partial charge in [0.15, 0.2) is 0 Å². The molecule has 0 spiro atoms. The number of hydrogen-bond donors (Lipinski definition) is 0. The summed E-state index contributed by atoms with van der Waals surface area (Å²) in [6.07, 6.45) is 16.3. The maximum Gasteiger partial charge on any atom is 0.125 e. The summed E-state index contributed by atoms with van der Waals surface area (Å²) in [7, 11) is 0. The van der Waals surface area contributed by atoms with Crippen LogP contribution in [0, 0.1) is 0 Å². The van der Waals surface area contributed by atoms with Crippen molar-refractivity contribution in [1.29, 1.82) is 0 Å². The highest BCUT2D eigenvalue weighted by atomic mass is 16.5. The van der Waals surface area contributed by atoms with Crippen LogP contribution in [0.2, 0.25) is 0 Å². The minimum Gasteiger partial charge on any atom is -0.493 e. The molecule has 2 unspecified atom stereocenters. The molecule has 0 amide bonds. The van der Waals surface area contributed by atoms with Gasteiger partial charge in [0.2, 0.25) is 0 Å². The van der Waals surface area contributed by atoms with Gasteiger partial charge in [0, 0.05) is 24.3 Å². The summed E-state index contributed by atoms with van der Waals surface area (Å²) < 4.78 is 24.9. The maximum atomic E-state index is 6.23. The van der Waals surface area contributed by atoms with E-state index in [1.54, 1.807) is 0 Å². The van der Waals surface area contributed by atoms with Crippen LogP contribution in [0.5, 0.6) is 11.5 Å². The van der Waals surface area contributed by atoms with E-state index < -0.39 is 0 Å². The van der Waals surface area contributed by atoms with Gasteiger partial charge in [-0.25, -0.2) is 0 Å². The summed E-state index contributed by atoms with van der Waals surface area (Å²) in [5, 5.41) is 0. The zero-order valence-electron chi connectivity index (χ0n) is 26.1. The van der Waals surface area contributed by atoms with Crippen LogP contribution < -0.4 is 9.47 Å². The minimum atomic E-state index is 0.108. The number of hydrogen-bond acceptors (Lipinski definition) is 4. The van der Waals surface area contributed by atoms with Gasteiger partial charge in [-0.2, -0.15) is 0 Å². The van der Waals surface area contributed by atoms with Crippen molar-refractivity contribution in [2.24, 2.45) is 0 Å². The Morgan fingerprint density at radius 1 is 0.450 bits per heavy atom. The van der Waals surface area contributed by atoms with Crippen molar-refractivity contribution in [3.05, 3.63) is 59.7 Å². The Labute approximate surface area is 246 Å². The molecular formula is C36H58O4. The quantitative estimate of drug-likeness (QED) is 0.114. The van der Waals surface area contributed by atoms with Gasteiger partial charge in [0.1, 0.15) is 11.5 Å². The molecule has 0 aromatic heterocycles. The second kappa shape index (κ2) is 22.6. The van der Waals surface area contributed by atoms with E-state index in [0.717, 1.165) is 89.3 Å². The first-order valence-corrected chi connectivity index (χ1v) is 16.4. The molecule has 4 nitrogen and oxygen atoms in total. The average Bonchev–Trinajstić information content (AvgIpc) is 2.99. The van der Waals surface area contributed by atoms with E-state index in [9.17, 15) is 0 Å². The molecule has 0 aliphatic carbocycles. The van der Waals surface area contributed by atoms with Gasteiger partial charge in [-0.3, -0.25) is 0 Å². The first kappa shape index (κ1) is 34.2. The first-order chi connectivity index (χ1) is 19.7. The molecule has 0 N–H and O–H groups in total. The van der Waals surface area contributed by atoms with E-state index in [2.05, 4.69) is 76.2 Å². The molecule has 4 heteroatoms. The van der Waals surface area contributed by atoms with E-state index in [4.69, 9.17) is 18.9 Å². The highest BCUT2D eigenvalue weighted by molar-refractivity contribution is 5.36. The maximum absolute atomic E-state index is 6.23. The van der Waals surface area contributed by atoms with Crippen LogP contribution in [0.25, 0.3) is 0 Å². The molecule has 2 aromatic rings. The molecular weight excluding hydrogens is 496 g/mol. The third-order valence-electron chi connectivity index (χ3n) is 7.46. The van der Waals surface area contributed by atoms with Crippen LogP contribution in [0.3, 0.4) is 0 Å². The monoisotopic (exact) mass is 554 g/mol. The van der Waals surface area contributed by atoms with Crippen molar-refractivity contribution in [2.75, 3.05) is 26.4 Å². The lowest BCUT2D eigenvalue weighted by molar-refractivity contribution is 0.0450. The van der Waals surface area contributed by atoms with Gasteiger partial charge in [-0.1, -0.05) is 103 Å². The molecule has 0 aliphatic rings. The average molecular weight is 555 g/mol. The largest absolute Gasteiger partial charge is 0.493 e. The Morgan fingerprint density at radius 2 is 0.825 bits per heavy atom. The van der Waals surface area contributed by atoms with Crippen LogP contribution >= 0.6 is 0 Å². The van der Waals surface area contributed by atoms with Gasteiger partial charge in [0.25, 0.3) is 0 Å². The smallest absolute Gasteiger partial charge is 0.125 e. The summed E-state index contributed by atoms with van der Waals surface area (Å²) in [5.41, 5.74) is 2.37. The molecule has 2 aromatic carbocycles. The van der Waals surface area contributed by atoms with E-state index in [1.807, 2.05) is 0 Å². The Bertz CT molecular complexity index is 796. The summed E-state index contributed by atoms with van der Waals surface area (Å²) >= 11 is 0. The Hall–Kier alpha value is -2.04.